The second kappa shape index (κ2) is 8.92. The van der Waals surface area contributed by atoms with Crippen LogP contribution in [0.2, 0.25) is 0 Å². The van der Waals surface area contributed by atoms with Crippen LogP contribution in [0.3, 0.4) is 0 Å². The number of aromatic amines is 1. The minimum atomic E-state index is -0.230. The third-order valence-electron chi connectivity index (χ3n) is 4.79. The van der Waals surface area contributed by atoms with Crippen LogP contribution in [0.4, 0.5) is 5.69 Å². The molecule has 3 aromatic rings. The Morgan fingerprint density at radius 2 is 2.07 bits per heavy atom. The van der Waals surface area contributed by atoms with Crippen LogP contribution in [0.1, 0.15) is 18.3 Å². The third kappa shape index (κ3) is 4.43. The molecule has 0 fully saturated rings. The van der Waals surface area contributed by atoms with E-state index in [2.05, 4.69) is 15.3 Å². The predicted molar refractivity (Wildman–Crippen MR) is 119 cm³/mol. The molecule has 1 aliphatic rings. The van der Waals surface area contributed by atoms with Crippen molar-refractivity contribution in [3.05, 3.63) is 54.4 Å². The normalized spacial score (nSPS) is 14.7. The molecule has 1 aliphatic heterocycles. The zero-order valence-electron chi connectivity index (χ0n) is 16.1. The fourth-order valence-electron chi connectivity index (χ4n) is 3.36. The second-order valence-corrected chi connectivity index (χ2v) is 8.78. The van der Waals surface area contributed by atoms with Crippen LogP contribution in [-0.2, 0) is 9.59 Å². The van der Waals surface area contributed by atoms with Gasteiger partial charge in [-0.3, -0.25) is 9.59 Å². The first kappa shape index (κ1) is 19.8. The van der Waals surface area contributed by atoms with E-state index in [0.717, 1.165) is 39.6 Å². The van der Waals surface area contributed by atoms with Crippen LogP contribution in [-0.4, -0.2) is 46.1 Å². The highest BCUT2D eigenvalue weighted by Gasteiger charge is 2.27. The fraction of sp³-hybridized carbons (Fsp3) is 0.286. The number of carbonyl (C=O) groups excluding carboxylic acids is 2. The molecule has 4 rings (SSSR count). The number of hydrogen-bond donors (Lipinski definition) is 2. The van der Waals surface area contributed by atoms with E-state index in [-0.39, 0.29) is 24.4 Å². The van der Waals surface area contributed by atoms with E-state index < -0.39 is 0 Å². The number of para-hydroxylation sites is 3. The highest BCUT2D eigenvalue weighted by Crippen LogP contribution is 2.34. The Hall–Kier alpha value is -2.45. The molecule has 0 radical (unpaired) electrons. The first-order valence-corrected chi connectivity index (χ1v) is 11.8. The van der Waals surface area contributed by atoms with Crippen molar-refractivity contribution < 1.29 is 9.59 Å². The van der Waals surface area contributed by atoms with E-state index >= 15 is 0 Å². The molecule has 1 aromatic heterocycles. The average Bonchev–Trinajstić information content (AvgIpc) is 3.17. The summed E-state index contributed by atoms with van der Waals surface area (Å²) < 4.78 is 0. The lowest BCUT2D eigenvalue weighted by Gasteiger charge is -2.29. The molecule has 0 bridgehead atoms. The summed E-state index contributed by atoms with van der Waals surface area (Å²) in [6.07, 6.45) is 2.80. The van der Waals surface area contributed by atoms with Crippen molar-refractivity contribution in [3.8, 4) is 0 Å². The highest BCUT2D eigenvalue weighted by molar-refractivity contribution is 8.00. The summed E-state index contributed by atoms with van der Waals surface area (Å²) in [7, 11) is 0. The quantitative estimate of drug-likeness (QED) is 0.603. The number of anilines is 1. The van der Waals surface area contributed by atoms with Crippen LogP contribution in [0.25, 0.3) is 11.0 Å². The molecule has 0 spiro atoms. The van der Waals surface area contributed by atoms with Crippen LogP contribution in [0.15, 0.2) is 53.4 Å². The maximum absolute atomic E-state index is 12.9. The highest BCUT2D eigenvalue weighted by atomic mass is 32.2. The monoisotopic (exact) mass is 426 g/mol. The molecule has 2 heterocycles. The van der Waals surface area contributed by atoms with E-state index in [9.17, 15) is 9.59 Å². The summed E-state index contributed by atoms with van der Waals surface area (Å²) in [5.41, 5.74) is 2.62. The molecule has 0 saturated carbocycles. The summed E-state index contributed by atoms with van der Waals surface area (Å²) >= 11 is 3.24. The Morgan fingerprint density at radius 1 is 1.28 bits per heavy atom. The number of fused-ring (bicyclic) bond motifs is 2. The van der Waals surface area contributed by atoms with Gasteiger partial charge in [-0.1, -0.05) is 24.3 Å². The predicted octanol–water partition coefficient (Wildman–Crippen LogP) is 3.61. The van der Waals surface area contributed by atoms with Crippen LogP contribution >= 0.6 is 23.5 Å². The van der Waals surface area contributed by atoms with Crippen molar-refractivity contribution in [2.24, 2.45) is 0 Å². The van der Waals surface area contributed by atoms with Gasteiger partial charge in [0.15, 0.2) is 0 Å². The molecule has 0 saturated heterocycles. The number of aromatic nitrogens is 2. The van der Waals surface area contributed by atoms with Gasteiger partial charge in [-0.25, -0.2) is 4.98 Å². The molecule has 2 amide bonds. The van der Waals surface area contributed by atoms with Gasteiger partial charge in [0.05, 0.1) is 28.5 Å². The Labute approximate surface area is 177 Å². The molecule has 0 aliphatic carbocycles. The number of hydrogen-bond acceptors (Lipinski definition) is 5. The maximum atomic E-state index is 12.9. The molecular formula is C21H22N4O2S2. The molecule has 1 atom stereocenters. The Bertz CT molecular complexity index is 1000. The molecule has 6 nitrogen and oxygen atoms in total. The zero-order valence-corrected chi connectivity index (χ0v) is 17.7. The SMILES string of the molecule is CSCC[C@@H](NC(=O)CN1C(=O)CSc2ccccc21)c1nc2ccccc2[nH]1. The van der Waals surface area contributed by atoms with Crippen molar-refractivity contribution in [1.82, 2.24) is 15.3 Å². The third-order valence-corrected chi connectivity index (χ3v) is 6.49. The standard InChI is InChI=1S/C21H22N4O2S2/c1-28-11-10-16(21-23-14-6-2-3-7-15(14)24-21)22-19(26)12-25-17-8-4-5-9-18(17)29-13-20(25)27/h2-9,16H,10-13H2,1H3,(H,22,26)(H,23,24)/t16-/m1/s1. The van der Waals surface area contributed by atoms with Gasteiger partial charge >= 0.3 is 0 Å². The van der Waals surface area contributed by atoms with Gasteiger partial charge in [0.1, 0.15) is 12.4 Å². The van der Waals surface area contributed by atoms with E-state index in [0.29, 0.717) is 5.75 Å². The van der Waals surface area contributed by atoms with Crippen LogP contribution in [0.5, 0.6) is 0 Å². The summed E-state index contributed by atoms with van der Waals surface area (Å²) in [5.74, 6) is 1.75. The number of rotatable bonds is 7. The van der Waals surface area contributed by atoms with E-state index in [4.69, 9.17) is 0 Å². The molecule has 29 heavy (non-hydrogen) atoms. The Morgan fingerprint density at radius 3 is 2.90 bits per heavy atom. The average molecular weight is 427 g/mol. The van der Waals surface area contributed by atoms with Crippen molar-refractivity contribution in [2.45, 2.75) is 17.4 Å². The number of amides is 2. The van der Waals surface area contributed by atoms with Crippen molar-refractivity contribution in [3.63, 3.8) is 0 Å². The maximum Gasteiger partial charge on any atom is 0.240 e. The lowest BCUT2D eigenvalue weighted by Crippen LogP contribution is -2.44. The smallest absolute Gasteiger partial charge is 0.240 e. The molecule has 150 valence electrons. The first-order valence-electron chi connectivity index (χ1n) is 9.41. The summed E-state index contributed by atoms with van der Waals surface area (Å²) in [6.45, 7) is 0.00635. The van der Waals surface area contributed by atoms with E-state index in [1.165, 1.54) is 11.8 Å². The fourth-order valence-corrected chi connectivity index (χ4v) is 4.77. The van der Waals surface area contributed by atoms with Crippen molar-refractivity contribution >= 4 is 52.1 Å². The van der Waals surface area contributed by atoms with Gasteiger partial charge in [-0.2, -0.15) is 11.8 Å². The van der Waals surface area contributed by atoms with Gasteiger partial charge in [0, 0.05) is 4.90 Å². The minimum Gasteiger partial charge on any atom is -0.345 e. The summed E-state index contributed by atoms with van der Waals surface area (Å²) in [4.78, 5) is 35.9. The Kier molecular flexibility index (Phi) is 6.10. The number of benzene rings is 2. The van der Waals surface area contributed by atoms with Crippen molar-refractivity contribution in [2.75, 3.05) is 29.2 Å². The number of carbonyl (C=O) groups is 2. The number of thioether (sulfide) groups is 2. The number of H-pyrrole nitrogens is 1. The lowest BCUT2D eigenvalue weighted by molar-refractivity contribution is -0.123. The Balaban J connectivity index is 1.52. The van der Waals surface area contributed by atoms with Gasteiger partial charge in [0.25, 0.3) is 0 Å². The van der Waals surface area contributed by atoms with Gasteiger partial charge in [0.2, 0.25) is 11.8 Å². The molecule has 8 heteroatoms. The van der Waals surface area contributed by atoms with Gasteiger partial charge < -0.3 is 15.2 Å². The summed E-state index contributed by atoms with van der Waals surface area (Å²) in [6, 6.07) is 15.3. The van der Waals surface area contributed by atoms with E-state index in [1.54, 1.807) is 16.7 Å². The number of nitrogens with zero attached hydrogens (tertiary/aromatic N) is 2. The van der Waals surface area contributed by atoms with E-state index in [1.807, 2.05) is 54.8 Å². The second-order valence-electron chi connectivity index (χ2n) is 6.78. The zero-order chi connectivity index (χ0) is 20.2. The van der Waals surface area contributed by atoms with Crippen LogP contribution < -0.4 is 10.2 Å². The van der Waals surface area contributed by atoms with Crippen LogP contribution in [0, 0.1) is 0 Å². The number of nitrogens with one attached hydrogen (secondary N) is 2. The van der Waals surface area contributed by atoms with Crippen molar-refractivity contribution in [1.29, 1.82) is 0 Å². The number of imidazole rings is 1. The first-order chi connectivity index (χ1) is 14.2. The molecule has 2 aromatic carbocycles. The summed E-state index contributed by atoms with van der Waals surface area (Å²) in [5, 5.41) is 3.08. The molecular weight excluding hydrogens is 404 g/mol. The van der Waals surface area contributed by atoms with Gasteiger partial charge in [-0.15, -0.1) is 11.8 Å². The molecule has 0 unspecified atom stereocenters. The largest absolute Gasteiger partial charge is 0.345 e. The molecule has 2 N–H and O–H groups in total. The lowest BCUT2D eigenvalue weighted by atomic mass is 10.2. The van der Waals surface area contributed by atoms with Gasteiger partial charge in [-0.05, 0) is 42.7 Å². The topological polar surface area (TPSA) is 78.1 Å². The minimum absolute atomic E-state index is 0.00635.